The van der Waals surface area contributed by atoms with Gasteiger partial charge in [-0.15, -0.1) is 0 Å². The molecule has 0 saturated heterocycles. The lowest BCUT2D eigenvalue weighted by molar-refractivity contribution is -0.137. The van der Waals surface area contributed by atoms with Gasteiger partial charge in [0.25, 0.3) is 5.91 Å². The van der Waals surface area contributed by atoms with Gasteiger partial charge in [-0.2, -0.15) is 0 Å². The van der Waals surface area contributed by atoms with Crippen LogP contribution in [0.3, 0.4) is 0 Å². The van der Waals surface area contributed by atoms with Gasteiger partial charge in [-0.1, -0.05) is 18.9 Å². The Labute approximate surface area is 126 Å². The van der Waals surface area contributed by atoms with E-state index in [0.29, 0.717) is 18.5 Å². The molecule has 0 aliphatic rings. The molecule has 0 atom stereocenters. The molecule has 0 aromatic heterocycles. The Morgan fingerprint density at radius 2 is 1.86 bits per heavy atom. The van der Waals surface area contributed by atoms with Crippen molar-refractivity contribution in [2.75, 3.05) is 25.5 Å². The zero-order valence-corrected chi connectivity index (χ0v) is 12.8. The zero-order chi connectivity index (χ0) is 15.7. The van der Waals surface area contributed by atoms with E-state index in [1.165, 1.54) is 0 Å². The quantitative estimate of drug-likeness (QED) is 0.686. The highest BCUT2D eigenvalue weighted by Crippen LogP contribution is 2.13. The fourth-order valence-electron chi connectivity index (χ4n) is 1.98. The Morgan fingerprint density at radius 3 is 2.52 bits per heavy atom. The van der Waals surface area contributed by atoms with Gasteiger partial charge in [0.1, 0.15) is 0 Å². The summed E-state index contributed by atoms with van der Waals surface area (Å²) in [5, 5.41) is 11.4. The standard InChI is InChI=1S/C16H24N2O3/c1-18(2)14-9-7-8-13(12-14)16(21)17-11-6-4-3-5-10-15(19)20/h7-9,12H,3-6,10-11H2,1-2H3,(H,17,21)(H,19,20). The van der Waals surface area contributed by atoms with Crippen LogP contribution in [0.1, 0.15) is 42.5 Å². The monoisotopic (exact) mass is 292 g/mol. The average Bonchev–Trinajstić information content (AvgIpc) is 2.45. The number of anilines is 1. The van der Waals surface area contributed by atoms with Crippen LogP contribution in [-0.4, -0.2) is 37.6 Å². The number of amides is 1. The number of hydrogen-bond donors (Lipinski definition) is 2. The largest absolute Gasteiger partial charge is 0.481 e. The third kappa shape index (κ3) is 6.79. The molecule has 5 nitrogen and oxygen atoms in total. The van der Waals surface area contributed by atoms with Crippen molar-refractivity contribution in [3.63, 3.8) is 0 Å². The number of unbranched alkanes of at least 4 members (excludes halogenated alkanes) is 3. The molecule has 1 aromatic carbocycles. The average molecular weight is 292 g/mol. The number of carbonyl (C=O) groups excluding carboxylic acids is 1. The maximum absolute atomic E-state index is 12.0. The van der Waals surface area contributed by atoms with Crippen molar-refractivity contribution >= 4 is 17.6 Å². The fraction of sp³-hybridized carbons (Fsp3) is 0.500. The summed E-state index contributed by atoms with van der Waals surface area (Å²) in [6.45, 7) is 0.623. The number of carbonyl (C=O) groups is 2. The Hall–Kier alpha value is -2.04. The number of aliphatic carboxylic acids is 1. The Kier molecular flexibility index (Phi) is 7.29. The minimum absolute atomic E-state index is 0.0655. The minimum Gasteiger partial charge on any atom is -0.481 e. The molecule has 0 unspecified atom stereocenters. The molecule has 0 heterocycles. The van der Waals surface area contributed by atoms with E-state index in [1.807, 2.05) is 37.2 Å². The van der Waals surface area contributed by atoms with Crippen LogP contribution in [0.4, 0.5) is 5.69 Å². The van der Waals surface area contributed by atoms with E-state index in [2.05, 4.69) is 5.32 Å². The van der Waals surface area contributed by atoms with E-state index < -0.39 is 5.97 Å². The van der Waals surface area contributed by atoms with Crippen LogP contribution in [0.25, 0.3) is 0 Å². The van der Waals surface area contributed by atoms with Gasteiger partial charge < -0.3 is 15.3 Å². The number of nitrogens with one attached hydrogen (secondary N) is 1. The molecule has 0 radical (unpaired) electrons. The van der Waals surface area contributed by atoms with Gasteiger partial charge in [-0.3, -0.25) is 9.59 Å². The van der Waals surface area contributed by atoms with E-state index in [9.17, 15) is 9.59 Å². The lowest BCUT2D eigenvalue weighted by Crippen LogP contribution is -2.24. The molecule has 0 saturated carbocycles. The summed E-state index contributed by atoms with van der Waals surface area (Å²) in [6.07, 6.45) is 3.63. The molecule has 0 bridgehead atoms. The second-order valence-corrected chi connectivity index (χ2v) is 5.26. The van der Waals surface area contributed by atoms with Crippen molar-refractivity contribution in [1.29, 1.82) is 0 Å². The maximum Gasteiger partial charge on any atom is 0.303 e. The molecule has 0 spiro atoms. The van der Waals surface area contributed by atoms with Crippen molar-refractivity contribution < 1.29 is 14.7 Å². The normalized spacial score (nSPS) is 10.2. The number of hydrogen-bond acceptors (Lipinski definition) is 3. The number of carboxylic acids is 1. The molecule has 2 N–H and O–H groups in total. The Balaban J connectivity index is 2.25. The van der Waals surface area contributed by atoms with Crippen LogP contribution in [0.2, 0.25) is 0 Å². The number of nitrogens with zero attached hydrogens (tertiary/aromatic N) is 1. The molecule has 1 amide bonds. The summed E-state index contributed by atoms with van der Waals surface area (Å²) < 4.78 is 0. The first-order valence-electron chi connectivity index (χ1n) is 7.28. The van der Waals surface area contributed by atoms with Gasteiger partial charge in [0.2, 0.25) is 0 Å². The smallest absolute Gasteiger partial charge is 0.303 e. The van der Waals surface area contributed by atoms with Gasteiger partial charge in [0.05, 0.1) is 0 Å². The first-order chi connectivity index (χ1) is 10.0. The highest BCUT2D eigenvalue weighted by Gasteiger charge is 2.06. The fourth-order valence-corrected chi connectivity index (χ4v) is 1.98. The summed E-state index contributed by atoms with van der Waals surface area (Å²) in [6, 6.07) is 7.49. The van der Waals surface area contributed by atoms with Crippen LogP contribution < -0.4 is 10.2 Å². The van der Waals surface area contributed by atoms with Gasteiger partial charge in [0.15, 0.2) is 0 Å². The van der Waals surface area contributed by atoms with E-state index >= 15 is 0 Å². The lowest BCUT2D eigenvalue weighted by atomic mass is 10.1. The molecular formula is C16H24N2O3. The Bertz CT molecular complexity index is 472. The summed E-state index contributed by atoms with van der Waals surface area (Å²) in [5.41, 5.74) is 1.66. The van der Waals surface area contributed by atoms with Crippen LogP contribution in [-0.2, 0) is 4.79 Å². The Morgan fingerprint density at radius 1 is 1.14 bits per heavy atom. The molecule has 0 fully saturated rings. The topological polar surface area (TPSA) is 69.6 Å². The summed E-state index contributed by atoms with van der Waals surface area (Å²) in [5.74, 6) is -0.812. The predicted molar refractivity (Wildman–Crippen MR) is 83.8 cm³/mol. The van der Waals surface area contributed by atoms with E-state index in [-0.39, 0.29) is 12.3 Å². The zero-order valence-electron chi connectivity index (χ0n) is 12.8. The van der Waals surface area contributed by atoms with Gasteiger partial charge in [0, 0.05) is 38.3 Å². The van der Waals surface area contributed by atoms with Crippen LogP contribution in [0.15, 0.2) is 24.3 Å². The van der Waals surface area contributed by atoms with Gasteiger partial charge in [-0.25, -0.2) is 0 Å². The molecule has 1 aromatic rings. The van der Waals surface area contributed by atoms with Crippen molar-refractivity contribution in [3.05, 3.63) is 29.8 Å². The molecule has 5 heteroatoms. The van der Waals surface area contributed by atoms with E-state index in [0.717, 1.165) is 24.9 Å². The maximum atomic E-state index is 12.0. The first kappa shape index (κ1) is 17.0. The highest BCUT2D eigenvalue weighted by molar-refractivity contribution is 5.95. The predicted octanol–water partition coefficient (Wildman–Crippen LogP) is 2.52. The van der Waals surface area contributed by atoms with Crippen LogP contribution in [0.5, 0.6) is 0 Å². The molecule has 1 rings (SSSR count). The minimum atomic E-state index is -0.746. The molecule has 116 valence electrons. The van der Waals surface area contributed by atoms with Gasteiger partial charge >= 0.3 is 5.97 Å². The number of rotatable bonds is 9. The van der Waals surface area contributed by atoms with Gasteiger partial charge in [-0.05, 0) is 31.0 Å². The SMILES string of the molecule is CN(C)c1cccc(C(=O)NCCCCCCC(=O)O)c1. The lowest BCUT2D eigenvalue weighted by Gasteiger charge is -2.13. The molecule has 0 aliphatic carbocycles. The van der Waals surface area contributed by atoms with Crippen LogP contribution in [0, 0.1) is 0 Å². The summed E-state index contributed by atoms with van der Waals surface area (Å²) in [4.78, 5) is 24.3. The molecule has 0 aliphatic heterocycles. The van der Waals surface area contributed by atoms with Crippen molar-refractivity contribution in [3.8, 4) is 0 Å². The van der Waals surface area contributed by atoms with Crippen molar-refractivity contribution in [1.82, 2.24) is 5.32 Å². The number of carboxylic acid groups (broad SMARTS) is 1. The number of benzene rings is 1. The van der Waals surface area contributed by atoms with Crippen molar-refractivity contribution in [2.24, 2.45) is 0 Å². The van der Waals surface area contributed by atoms with E-state index in [1.54, 1.807) is 6.07 Å². The van der Waals surface area contributed by atoms with Crippen LogP contribution >= 0.6 is 0 Å². The van der Waals surface area contributed by atoms with E-state index in [4.69, 9.17) is 5.11 Å². The third-order valence-electron chi connectivity index (χ3n) is 3.23. The second kappa shape index (κ2) is 9.00. The van der Waals surface area contributed by atoms with Crippen molar-refractivity contribution in [2.45, 2.75) is 32.1 Å². The summed E-state index contributed by atoms with van der Waals surface area (Å²) in [7, 11) is 3.88. The first-order valence-corrected chi connectivity index (χ1v) is 7.28. The highest BCUT2D eigenvalue weighted by atomic mass is 16.4. The molecule has 21 heavy (non-hydrogen) atoms. The molecular weight excluding hydrogens is 268 g/mol. The second-order valence-electron chi connectivity index (χ2n) is 5.26. The third-order valence-corrected chi connectivity index (χ3v) is 3.23. The summed E-state index contributed by atoms with van der Waals surface area (Å²) >= 11 is 0.